The summed E-state index contributed by atoms with van der Waals surface area (Å²) < 4.78 is 25.3. The van der Waals surface area contributed by atoms with Gasteiger partial charge in [0.25, 0.3) is 0 Å². The van der Waals surface area contributed by atoms with Crippen LogP contribution in [0.2, 0.25) is 0 Å². The Morgan fingerprint density at radius 2 is 1.69 bits per heavy atom. The Hall–Kier alpha value is -3.72. The highest BCUT2D eigenvalue weighted by atomic mass is 79.9. The van der Waals surface area contributed by atoms with Crippen molar-refractivity contribution in [2.45, 2.75) is 27.4 Å². The van der Waals surface area contributed by atoms with E-state index in [0.717, 1.165) is 16.7 Å². The van der Waals surface area contributed by atoms with Crippen molar-refractivity contribution in [3.63, 3.8) is 0 Å². The number of nitrogens with zero attached hydrogens (tertiary/aromatic N) is 1. The Morgan fingerprint density at radius 1 is 1.00 bits per heavy atom. The Balaban J connectivity index is 1.65. The molecule has 35 heavy (non-hydrogen) atoms. The van der Waals surface area contributed by atoms with E-state index in [1.54, 1.807) is 36.4 Å². The smallest absolute Gasteiger partial charge is 0.329 e. The van der Waals surface area contributed by atoms with Crippen molar-refractivity contribution in [3.05, 3.63) is 87.1 Å². The number of benzene rings is 3. The summed E-state index contributed by atoms with van der Waals surface area (Å²) in [5.74, 6) is -1.10. The molecule has 2 amide bonds. The van der Waals surface area contributed by atoms with Gasteiger partial charge in [-0.15, -0.1) is 0 Å². The third-order valence-corrected chi connectivity index (χ3v) is 5.28. The molecule has 0 aliphatic rings. The molecule has 0 fully saturated rings. The predicted octanol–water partition coefficient (Wildman–Crippen LogP) is 5.27. The van der Waals surface area contributed by atoms with Gasteiger partial charge in [0.05, 0.1) is 17.3 Å². The van der Waals surface area contributed by atoms with Crippen molar-refractivity contribution in [3.8, 4) is 11.5 Å². The number of hydrogen-bond acceptors (Lipinski definition) is 5. The lowest BCUT2D eigenvalue weighted by atomic mass is 10.1. The first-order valence-electron chi connectivity index (χ1n) is 10.8. The normalized spacial score (nSPS) is 10.8. The Kier molecular flexibility index (Phi) is 8.97. The average Bonchev–Trinajstić information content (AvgIpc) is 2.79. The van der Waals surface area contributed by atoms with Crippen molar-refractivity contribution >= 4 is 39.6 Å². The van der Waals surface area contributed by atoms with Gasteiger partial charge in [-0.05, 0) is 95.4 Å². The summed E-state index contributed by atoms with van der Waals surface area (Å²) in [4.78, 5) is 24.3. The number of carbonyl (C=O) groups excluding carboxylic acids is 2. The van der Waals surface area contributed by atoms with E-state index in [-0.39, 0.29) is 12.4 Å². The minimum atomic E-state index is -0.899. The van der Waals surface area contributed by atoms with Crippen molar-refractivity contribution in [2.75, 3.05) is 11.9 Å². The van der Waals surface area contributed by atoms with Crippen LogP contribution in [-0.2, 0) is 16.2 Å². The zero-order chi connectivity index (χ0) is 25.4. The van der Waals surface area contributed by atoms with Crippen molar-refractivity contribution in [1.82, 2.24) is 5.43 Å². The summed E-state index contributed by atoms with van der Waals surface area (Å²) >= 11 is 3.47. The first kappa shape index (κ1) is 25.9. The second-order valence-electron chi connectivity index (χ2n) is 7.71. The van der Waals surface area contributed by atoms with Crippen LogP contribution in [0.3, 0.4) is 0 Å². The fourth-order valence-electron chi connectivity index (χ4n) is 3.25. The number of rotatable bonds is 8. The number of halogens is 2. The molecule has 0 aromatic heterocycles. The van der Waals surface area contributed by atoms with Crippen LogP contribution in [0.15, 0.2) is 64.2 Å². The number of ether oxygens (including phenoxy) is 2. The number of hydrazone groups is 1. The number of anilines is 1. The zero-order valence-electron chi connectivity index (χ0n) is 19.5. The predicted molar refractivity (Wildman–Crippen MR) is 136 cm³/mol. The van der Waals surface area contributed by atoms with E-state index >= 15 is 0 Å². The molecule has 7 nitrogen and oxygen atoms in total. The molecule has 3 aromatic carbocycles. The summed E-state index contributed by atoms with van der Waals surface area (Å²) in [5, 5.41) is 6.43. The third-order valence-electron chi connectivity index (χ3n) is 4.69. The molecular formula is C26H25BrFN3O4. The van der Waals surface area contributed by atoms with Crippen molar-refractivity contribution in [1.29, 1.82) is 0 Å². The molecule has 182 valence electrons. The molecule has 0 atom stereocenters. The standard InChI is InChI=1S/C26H25BrFN3O4/c1-4-34-23-13-19(12-22(27)24(23)35-15-18-5-7-20(28)8-6-18)14-29-31-26(33)25(32)30-21-10-16(2)9-17(3)11-21/h5-14H,4,15H2,1-3H3,(H,30,32)(H,31,33)/b29-14+. The molecule has 3 rings (SSSR count). The van der Waals surface area contributed by atoms with Crippen LogP contribution in [0.1, 0.15) is 29.2 Å². The third kappa shape index (κ3) is 7.65. The summed E-state index contributed by atoms with van der Waals surface area (Å²) in [6.45, 7) is 6.27. The number of nitrogens with one attached hydrogen (secondary N) is 2. The van der Waals surface area contributed by atoms with E-state index in [9.17, 15) is 14.0 Å². The monoisotopic (exact) mass is 541 g/mol. The second kappa shape index (κ2) is 12.1. The van der Waals surface area contributed by atoms with Gasteiger partial charge in [-0.1, -0.05) is 18.2 Å². The number of hydrogen-bond donors (Lipinski definition) is 2. The molecular weight excluding hydrogens is 517 g/mol. The fourth-order valence-corrected chi connectivity index (χ4v) is 3.83. The summed E-state index contributed by atoms with van der Waals surface area (Å²) in [6.07, 6.45) is 1.39. The molecule has 0 saturated heterocycles. The minimum Gasteiger partial charge on any atom is -0.490 e. The average molecular weight is 542 g/mol. The van der Waals surface area contributed by atoms with Crippen LogP contribution in [0.25, 0.3) is 0 Å². The van der Waals surface area contributed by atoms with Crippen molar-refractivity contribution < 1.29 is 23.5 Å². The van der Waals surface area contributed by atoms with Crippen LogP contribution < -0.4 is 20.2 Å². The molecule has 0 spiro atoms. The molecule has 0 radical (unpaired) electrons. The second-order valence-corrected chi connectivity index (χ2v) is 8.56. The quantitative estimate of drug-likeness (QED) is 0.231. The molecule has 0 saturated carbocycles. The van der Waals surface area contributed by atoms with E-state index in [0.29, 0.717) is 33.8 Å². The number of amides is 2. The van der Waals surface area contributed by atoms with Crippen LogP contribution >= 0.6 is 15.9 Å². The van der Waals surface area contributed by atoms with Gasteiger partial charge < -0.3 is 14.8 Å². The lowest BCUT2D eigenvalue weighted by molar-refractivity contribution is -0.136. The van der Waals surface area contributed by atoms with E-state index in [4.69, 9.17) is 9.47 Å². The number of aryl methyl sites for hydroxylation is 2. The largest absolute Gasteiger partial charge is 0.490 e. The van der Waals surface area contributed by atoms with Gasteiger partial charge in [0.15, 0.2) is 11.5 Å². The van der Waals surface area contributed by atoms with Crippen LogP contribution in [0.4, 0.5) is 10.1 Å². The minimum absolute atomic E-state index is 0.220. The van der Waals surface area contributed by atoms with E-state index in [1.807, 2.05) is 26.8 Å². The van der Waals surface area contributed by atoms with Gasteiger partial charge in [0.1, 0.15) is 12.4 Å². The Bertz CT molecular complexity index is 1230. The van der Waals surface area contributed by atoms with E-state index in [1.165, 1.54) is 18.3 Å². The van der Waals surface area contributed by atoms with Crippen LogP contribution in [-0.4, -0.2) is 24.6 Å². The molecule has 0 bridgehead atoms. The number of carbonyl (C=O) groups is 2. The van der Waals surface area contributed by atoms with Gasteiger partial charge in [0.2, 0.25) is 0 Å². The van der Waals surface area contributed by atoms with Crippen molar-refractivity contribution in [2.24, 2.45) is 5.10 Å². The summed E-state index contributed by atoms with van der Waals surface area (Å²) in [6, 6.07) is 15.0. The highest BCUT2D eigenvalue weighted by Gasteiger charge is 2.14. The van der Waals surface area contributed by atoms with Gasteiger partial charge >= 0.3 is 11.8 Å². The molecule has 0 aliphatic carbocycles. The van der Waals surface area contributed by atoms with Crippen LogP contribution in [0, 0.1) is 19.7 Å². The fraction of sp³-hybridized carbons (Fsp3) is 0.192. The maximum Gasteiger partial charge on any atom is 0.329 e. The van der Waals surface area contributed by atoms with Gasteiger partial charge in [0, 0.05) is 5.69 Å². The molecule has 0 unspecified atom stereocenters. The lowest BCUT2D eigenvalue weighted by Crippen LogP contribution is -2.32. The van der Waals surface area contributed by atoms with Gasteiger partial charge in [-0.25, -0.2) is 9.82 Å². The topological polar surface area (TPSA) is 89.0 Å². The van der Waals surface area contributed by atoms with Gasteiger partial charge in [-0.2, -0.15) is 5.10 Å². The lowest BCUT2D eigenvalue weighted by Gasteiger charge is -2.14. The highest BCUT2D eigenvalue weighted by molar-refractivity contribution is 9.10. The molecule has 0 heterocycles. The SMILES string of the molecule is CCOc1cc(/C=N/NC(=O)C(=O)Nc2cc(C)cc(C)c2)cc(Br)c1OCc1ccc(F)cc1. The molecule has 2 N–H and O–H groups in total. The van der Waals surface area contributed by atoms with Gasteiger partial charge in [-0.3, -0.25) is 9.59 Å². The molecule has 9 heteroatoms. The van der Waals surface area contributed by atoms with E-state index < -0.39 is 11.8 Å². The van der Waals surface area contributed by atoms with E-state index in [2.05, 4.69) is 31.8 Å². The maximum atomic E-state index is 13.1. The zero-order valence-corrected chi connectivity index (χ0v) is 21.1. The summed E-state index contributed by atoms with van der Waals surface area (Å²) in [5.41, 5.74) is 6.10. The summed E-state index contributed by atoms with van der Waals surface area (Å²) in [7, 11) is 0. The Labute approximate surface area is 211 Å². The first-order valence-corrected chi connectivity index (χ1v) is 11.6. The maximum absolute atomic E-state index is 13.1. The highest BCUT2D eigenvalue weighted by Crippen LogP contribution is 2.37. The molecule has 0 aliphatic heterocycles. The van der Waals surface area contributed by atoms with Crippen LogP contribution in [0.5, 0.6) is 11.5 Å². The molecule has 3 aromatic rings. The Morgan fingerprint density at radius 3 is 2.34 bits per heavy atom. The first-order chi connectivity index (χ1) is 16.7.